The van der Waals surface area contributed by atoms with Crippen molar-refractivity contribution in [3.8, 4) is 0 Å². The van der Waals surface area contributed by atoms with E-state index in [1.165, 1.54) is 17.1 Å². The van der Waals surface area contributed by atoms with E-state index in [4.69, 9.17) is 4.74 Å². The second-order valence-electron chi connectivity index (χ2n) is 4.24. The zero-order valence-corrected chi connectivity index (χ0v) is 12.2. The first-order chi connectivity index (χ1) is 9.13. The maximum Gasteiger partial charge on any atom is 0.272 e. The molecule has 0 atom stereocenters. The predicted octanol–water partition coefficient (Wildman–Crippen LogP) is 1.68. The van der Waals surface area contributed by atoms with Crippen LogP contribution in [-0.2, 0) is 9.53 Å². The van der Waals surface area contributed by atoms with Crippen molar-refractivity contribution in [2.75, 3.05) is 26.8 Å². The number of hydrazine groups is 1. The van der Waals surface area contributed by atoms with Crippen molar-refractivity contribution in [2.24, 2.45) is 0 Å². The molecule has 1 aromatic carbocycles. The lowest BCUT2D eigenvalue weighted by Gasteiger charge is -2.27. The first-order valence-electron chi connectivity index (χ1n) is 6.00. The number of methoxy groups -OCH3 is 1. The summed E-state index contributed by atoms with van der Waals surface area (Å²) in [5, 5.41) is 2.96. The zero-order valence-electron chi connectivity index (χ0n) is 10.6. The minimum atomic E-state index is -0.189. The predicted molar refractivity (Wildman–Crippen MR) is 73.4 cm³/mol. The summed E-state index contributed by atoms with van der Waals surface area (Å²) in [6.45, 7) is 1.11. The molecule has 0 saturated carbocycles. The molecule has 0 N–H and O–H groups in total. The Kier molecular flexibility index (Phi) is 4.55. The molecular weight excluding hydrogens is 312 g/mol. The van der Waals surface area contributed by atoms with Gasteiger partial charge >= 0.3 is 0 Å². The topological polar surface area (TPSA) is 49.9 Å². The highest BCUT2D eigenvalue weighted by atomic mass is 79.9. The Balaban J connectivity index is 2.13. The van der Waals surface area contributed by atoms with Crippen LogP contribution in [0.4, 0.5) is 0 Å². The highest BCUT2D eigenvalue weighted by Gasteiger charge is 2.30. The molecule has 1 aromatic rings. The average molecular weight is 327 g/mol. The van der Waals surface area contributed by atoms with E-state index in [0.29, 0.717) is 18.7 Å². The molecule has 1 saturated heterocycles. The summed E-state index contributed by atoms with van der Waals surface area (Å²) in [6, 6.07) is 7.10. The fourth-order valence-electron chi connectivity index (χ4n) is 2.02. The Bertz CT molecular complexity index is 475. The van der Waals surface area contributed by atoms with Crippen molar-refractivity contribution >= 4 is 27.7 Å². The van der Waals surface area contributed by atoms with Gasteiger partial charge in [-0.15, -0.1) is 0 Å². The maximum absolute atomic E-state index is 12.4. The van der Waals surface area contributed by atoms with Crippen molar-refractivity contribution < 1.29 is 14.3 Å². The molecule has 0 aromatic heterocycles. The third-order valence-corrected chi connectivity index (χ3v) is 3.44. The summed E-state index contributed by atoms with van der Waals surface area (Å²) in [5.74, 6) is -0.347. The van der Waals surface area contributed by atoms with Gasteiger partial charge in [0.25, 0.3) is 11.8 Å². The lowest BCUT2D eigenvalue weighted by atomic mass is 10.2. The van der Waals surface area contributed by atoms with Gasteiger partial charge in [-0.1, -0.05) is 15.9 Å². The van der Waals surface area contributed by atoms with E-state index in [0.717, 1.165) is 10.9 Å². The summed E-state index contributed by atoms with van der Waals surface area (Å²) in [4.78, 5) is 24.2. The van der Waals surface area contributed by atoms with E-state index < -0.39 is 0 Å². The molecule has 2 amide bonds. The van der Waals surface area contributed by atoms with E-state index in [1.807, 2.05) is 12.1 Å². The molecule has 1 fully saturated rings. The van der Waals surface area contributed by atoms with Gasteiger partial charge < -0.3 is 4.74 Å². The van der Waals surface area contributed by atoms with Gasteiger partial charge in [0.15, 0.2) is 0 Å². The third-order valence-electron chi connectivity index (χ3n) is 2.91. The van der Waals surface area contributed by atoms with Gasteiger partial charge in [0, 0.05) is 30.2 Å². The average Bonchev–Trinajstić information content (AvgIpc) is 2.88. The van der Waals surface area contributed by atoms with Crippen LogP contribution in [0.2, 0.25) is 0 Å². The minimum Gasteiger partial charge on any atom is -0.375 e. The van der Waals surface area contributed by atoms with E-state index in [-0.39, 0.29) is 18.4 Å². The molecule has 2 rings (SSSR count). The number of hydrogen-bond donors (Lipinski definition) is 0. The van der Waals surface area contributed by atoms with Crippen molar-refractivity contribution in [2.45, 2.75) is 6.42 Å². The summed E-state index contributed by atoms with van der Waals surface area (Å²) >= 11 is 3.33. The minimum absolute atomic E-state index is 0.00980. The number of benzene rings is 1. The fraction of sp³-hybridized carbons (Fsp3) is 0.385. The number of amides is 2. The lowest BCUT2D eigenvalue weighted by Crippen LogP contribution is -2.46. The smallest absolute Gasteiger partial charge is 0.272 e. The van der Waals surface area contributed by atoms with Gasteiger partial charge in [-0.3, -0.25) is 9.59 Å². The van der Waals surface area contributed by atoms with Crippen molar-refractivity contribution in [3.05, 3.63) is 34.3 Å². The van der Waals surface area contributed by atoms with Crippen molar-refractivity contribution in [3.63, 3.8) is 0 Å². The van der Waals surface area contributed by atoms with Gasteiger partial charge in [-0.25, -0.2) is 10.0 Å². The standard InChI is InChI=1S/C13H15BrN2O3/c1-19-9-12(17)15-7-2-8-16(15)13(18)10-3-5-11(14)6-4-10/h3-6H,2,7-9H2,1H3. The van der Waals surface area contributed by atoms with Gasteiger partial charge in [-0.2, -0.15) is 0 Å². The van der Waals surface area contributed by atoms with Crippen LogP contribution in [0, 0.1) is 0 Å². The Labute approximate surface area is 120 Å². The Morgan fingerprint density at radius 3 is 2.47 bits per heavy atom. The van der Waals surface area contributed by atoms with Crippen LogP contribution in [0.5, 0.6) is 0 Å². The highest BCUT2D eigenvalue weighted by molar-refractivity contribution is 9.10. The van der Waals surface area contributed by atoms with Crippen LogP contribution in [0.1, 0.15) is 16.8 Å². The summed E-state index contributed by atoms with van der Waals surface area (Å²) in [5.41, 5.74) is 0.570. The molecule has 0 spiro atoms. The van der Waals surface area contributed by atoms with Crippen LogP contribution >= 0.6 is 15.9 Å². The molecular formula is C13H15BrN2O3. The van der Waals surface area contributed by atoms with Crippen molar-refractivity contribution in [1.29, 1.82) is 0 Å². The maximum atomic E-state index is 12.4. The normalized spacial score (nSPS) is 14.8. The number of nitrogens with zero attached hydrogens (tertiary/aromatic N) is 2. The summed E-state index contributed by atoms with van der Waals surface area (Å²) in [7, 11) is 1.47. The van der Waals surface area contributed by atoms with E-state index >= 15 is 0 Å². The summed E-state index contributed by atoms with van der Waals surface area (Å²) in [6.07, 6.45) is 0.789. The lowest BCUT2D eigenvalue weighted by molar-refractivity contribution is -0.144. The molecule has 0 radical (unpaired) electrons. The second-order valence-corrected chi connectivity index (χ2v) is 5.15. The molecule has 1 heterocycles. The highest BCUT2D eigenvalue weighted by Crippen LogP contribution is 2.17. The van der Waals surface area contributed by atoms with Crippen LogP contribution in [0.3, 0.4) is 0 Å². The molecule has 19 heavy (non-hydrogen) atoms. The first-order valence-corrected chi connectivity index (χ1v) is 6.79. The molecule has 0 aliphatic carbocycles. The van der Waals surface area contributed by atoms with Crippen LogP contribution in [0.25, 0.3) is 0 Å². The van der Waals surface area contributed by atoms with E-state index in [1.54, 1.807) is 12.1 Å². The number of carbonyl (C=O) groups is 2. The van der Waals surface area contributed by atoms with Gasteiger partial charge in [-0.05, 0) is 30.7 Å². The van der Waals surface area contributed by atoms with Gasteiger partial charge in [0.1, 0.15) is 6.61 Å². The Morgan fingerprint density at radius 1 is 1.21 bits per heavy atom. The monoisotopic (exact) mass is 326 g/mol. The van der Waals surface area contributed by atoms with Gasteiger partial charge in [0.2, 0.25) is 0 Å². The molecule has 5 nitrogen and oxygen atoms in total. The molecule has 1 aliphatic heterocycles. The fourth-order valence-corrected chi connectivity index (χ4v) is 2.29. The Hall–Kier alpha value is -1.40. The number of ether oxygens (including phenoxy) is 1. The second kappa shape index (κ2) is 6.16. The largest absolute Gasteiger partial charge is 0.375 e. The number of halogens is 1. The molecule has 102 valence electrons. The molecule has 0 bridgehead atoms. The molecule has 6 heteroatoms. The van der Waals surface area contributed by atoms with Crippen molar-refractivity contribution in [1.82, 2.24) is 10.0 Å². The Morgan fingerprint density at radius 2 is 1.84 bits per heavy atom. The van der Waals surface area contributed by atoms with Crippen LogP contribution in [0.15, 0.2) is 28.7 Å². The zero-order chi connectivity index (χ0) is 13.8. The van der Waals surface area contributed by atoms with E-state index in [2.05, 4.69) is 15.9 Å². The third kappa shape index (κ3) is 3.13. The summed E-state index contributed by atoms with van der Waals surface area (Å²) < 4.78 is 5.74. The van der Waals surface area contributed by atoms with Gasteiger partial charge in [0.05, 0.1) is 0 Å². The van der Waals surface area contributed by atoms with E-state index in [9.17, 15) is 9.59 Å². The molecule has 1 aliphatic rings. The number of rotatable bonds is 3. The quantitative estimate of drug-likeness (QED) is 0.849. The number of carbonyl (C=O) groups excluding carboxylic acids is 2. The van der Waals surface area contributed by atoms with Crippen LogP contribution in [-0.4, -0.2) is 48.6 Å². The number of hydrogen-bond acceptors (Lipinski definition) is 3. The first kappa shape index (κ1) is 14.0. The SMILES string of the molecule is COCC(=O)N1CCCN1C(=O)c1ccc(Br)cc1. The van der Waals surface area contributed by atoms with Crippen LogP contribution < -0.4 is 0 Å². The molecule has 0 unspecified atom stereocenters.